The largest absolute Gasteiger partial charge is 0.319 e. The number of carbonyl (C=O) groups excluding carboxylic acids is 1. The van der Waals surface area contributed by atoms with Gasteiger partial charge in [0.25, 0.3) is 5.91 Å². The van der Waals surface area contributed by atoms with Crippen LogP contribution < -0.4 is 5.32 Å². The van der Waals surface area contributed by atoms with Crippen LogP contribution in [0, 0.1) is 13.8 Å². The van der Waals surface area contributed by atoms with Crippen molar-refractivity contribution in [3.63, 3.8) is 0 Å². The van der Waals surface area contributed by atoms with Gasteiger partial charge in [0.15, 0.2) is 0 Å². The van der Waals surface area contributed by atoms with E-state index in [9.17, 15) is 4.79 Å². The molecule has 0 aliphatic carbocycles. The Morgan fingerprint density at radius 3 is 2.50 bits per heavy atom. The Morgan fingerprint density at radius 2 is 1.71 bits per heavy atom. The molecular formula is C23H20BrN3O. The Kier molecular flexibility index (Phi) is 5.01. The molecule has 0 saturated carbocycles. The highest BCUT2D eigenvalue weighted by Crippen LogP contribution is 2.24. The summed E-state index contributed by atoms with van der Waals surface area (Å²) in [7, 11) is 0. The first-order valence-corrected chi connectivity index (χ1v) is 9.90. The molecule has 0 atom stereocenters. The van der Waals surface area contributed by atoms with Crippen LogP contribution in [0.3, 0.4) is 0 Å². The molecule has 1 amide bonds. The number of fused-ring (bicyclic) bond motifs is 1. The zero-order valence-corrected chi connectivity index (χ0v) is 17.3. The normalized spacial score (nSPS) is 11.0. The highest BCUT2D eigenvalue weighted by molar-refractivity contribution is 9.10. The molecule has 0 unspecified atom stereocenters. The van der Waals surface area contributed by atoms with Crippen molar-refractivity contribution in [3.8, 4) is 0 Å². The summed E-state index contributed by atoms with van der Waals surface area (Å²) < 4.78 is 2.90. The molecule has 4 nitrogen and oxygen atoms in total. The molecule has 5 heteroatoms. The van der Waals surface area contributed by atoms with Gasteiger partial charge in [-0.1, -0.05) is 58.4 Å². The summed E-state index contributed by atoms with van der Waals surface area (Å²) in [6.07, 6.45) is 0. The molecular weight excluding hydrogens is 414 g/mol. The van der Waals surface area contributed by atoms with Crippen molar-refractivity contribution in [1.82, 2.24) is 9.78 Å². The van der Waals surface area contributed by atoms with Gasteiger partial charge in [-0.15, -0.1) is 0 Å². The van der Waals surface area contributed by atoms with E-state index in [1.165, 1.54) is 16.3 Å². The molecule has 1 N–H and O–H groups in total. The third-order valence-corrected chi connectivity index (χ3v) is 5.46. The number of halogens is 1. The first-order chi connectivity index (χ1) is 13.5. The Bertz CT molecular complexity index is 1160. The predicted molar refractivity (Wildman–Crippen MR) is 117 cm³/mol. The summed E-state index contributed by atoms with van der Waals surface area (Å²) >= 11 is 3.39. The summed E-state index contributed by atoms with van der Waals surface area (Å²) in [6, 6.07) is 22.0. The van der Waals surface area contributed by atoms with Gasteiger partial charge >= 0.3 is 0 Å². The number of rotatable bonds is 4. The van der Waals surface area contributed by atoms with Crippen molar-refractivity contribution in [2.45, 2.75) is 20.4 Å². The molecule has 3 aromatic carbocycles. The zero-order chi connectivity index (χ0) is 19.7. The molecule has 1 heterocycles. The van der Waals surface area contributed by atoms with E-state index in [0.717, 1.165) is 21.5 Å². The third-order valence-electron chi connectivity index (χ3n) is 4.93. The first-order valence-electron chi connectivity index (χ1n) is 9.10. The lowest BCUT2D eigenvalue weighted by atomic mass is 10.0. The average molecular weight is 434 g/mol. The second kappa shape index (κ2) is 7.60. The number of amides is 1. The van der Waals surface area contributed by atoms with E-state index >= 15 is 0 Å². The maximum absolute atomic E-state index is 12.6. The summed E-state index contributed by atoms with van der Waals surface area (Å²) in [5.41, 5.74) is 4.34. The topological polar surface area (TPSA) is 46.9 Å². The average Bonchev–Trinajstić information content (AvgIpc) is 2.96. The van der Waals surface area contributed by atoms with Crippen LogP contribution in [0.15, 0.2) is 71.2 Å². The fourth-order valence-electron chi connectivity index (χ4n) is 3.41. The molecule has 0 bridgehead atoms. The Hall–Kier alpha value is -2.92. The molecule has 4 rings (SSSR count). The highest BCUT2D eigenvalue weighted by atomic mass is 79.9. The van der Waals surface area contributed by atoms with Crippen molar-refractivity contribution in [2.24, 2.45) is 0 Å². The molecule has 0 saturated heterocycles. The number of benzene rings is 3. The van der Waals surface area contributed by atoms with Gasteiger partial charge in [0.2, 0.25) is 0 Å². The van der Waals surface area contributed by atoms with E-state index < -0.39 is 0 Å². The van der Waals surface area contributed by atoms with Crippen LogP contribution in [-0.4, -0.2) is 15.7 Å². The molecule has 4 aromatic rings. The van der Waals surface area contributed by atoms with Crippen molar-refractivity contribution < 1.29 is 4.79 Å². The number of nitrogens with one attached hydrogen (secondary N) is 1. The lowest BCUT2D eigenvalue weighted by Crippen LogP contribution is -2.13. The van der Waals surface area contributed by atoms with Crippen LogP contribution in [0.5, 0.6) is 0 Å². The van der Waals surface area contributed by atoms with E-state index in [2.05, 4.69) is 62.7 Å². The quantitative estimate of drug-likeness (QED) is 0.447. The number of anilines is 1. The van der Waals surface area contributed by atoms with Gasteiger partial charge < -0.3 is 5.32 Å². The third kappa shape index (κ3) is 3.58. The van der Waals surface area contributed by atoms with Gasteiger partial charge in [-0.05, 0) is 54.4 Å². The molecule has 0 radical (unpaired) electrons. The summed E-state index contributed by atoms with van der Waals surface area (Å²) in [4.78, 5) is 12.6. The number of hydrogen-bond donors (Lipinski definition) is 1. The van der Waals surface area contributed by atoms with E-state index in [1.807, 2.05) is 36.7 Å². The maximum Gasteiger partial charge on any atom is 0.255 e. The van der Waals surface area contributed by atoms with Crippen molar-refractivity contribution >= 4 is 38.3 Å². The molecule has 140 valence electrons. The number of carbonyl (C=O) groups is 1. The van der Waals surface area contributed by atoms with Crippen molar-refractivity contribution in [1.29, 1.82) is 0 Å². The Balaban J connectivity index is 1.62. The lowest BCUT2D eigenvalue weighted by molar-refractivity contribution is 0.102. The standard InChI is InChI=1S/C23H20BrN3O/c1-15-22(25-23(28)18-10-12-20(24)13-11-18)16(2)27(26-15)14-19-8-5-7-17-6-3-4-9-21(17)19/h3-13H,14H2,1-2H3,(H,25,28). The monoisotopic (exact) mass is 433 g/mol. The maximum atomic E-state index is 12.6. The van der Waals surface area contributed by atoms with E-state index in [0.29, 0.717) is 12.1 Å². The minimum Gasteiger partial charge on any atom is -0.319 e. The van der Waals surface area contributed by atoms with Gasteiger partial charge in [-0.25, -0.2) is 0 Å². The van der Waals surface area contributed by atoms with Crippen LogP contribution in [0.2, 0.25) is 0 Å². The van der Waals surface area contributed by atoms with Gasteiger partial charge in [0.05, 0.1) is 23.6 Å². The zero-order valence-electron chi connectivity index (χ0n) is 15.7. The summed E-state index contributed by atoms with van der Waals surface area (Å²) in [5, 5.41) is 10.1. The fourth-order valence-corrected chi connectivity index (χ4v) is 3.67. The molecule has 0 spiro atoms. The number of nitrogens with zero attached hydrogens (tertiary/aromatic N) is 2. The van der Waals surface area contributed by atoms with Gasteiger partial charge in [0, 0.05) is 10.0 Å². The smallest absolute Gasteiger partial charge is 0.255 e. The fraction of sp³-hybridized carbons (Fsp3) is 0.130. The van der Waals surface area contributed by atoms with Crippen molar-refractivity contribution in [3.05, 3.63) is 93.7 Å². The highest BCUT2D eigenvalue weighted by Gasteiger charge is 2.16. The minimum absolute atomic E-state index is 0.136. The number of aromatic nitrogens is 2. The van der Waals surface area contributed by atoms with Crippen LogP contribution >= 0.6 is 15.9 Å². The van der Waals surface area contributed by atoms with E-state index in [4.69, 9.17) is 0 Å². The second-order valence-corrected chi connectivity index (χ2v) is 7.72. The SMILES string of the molecule is Cc1nn(Cc2cccc3ccccc23)c(C)c1NC(=O)c1ccc(Br)cc1. The molecule has 0 aliphatic rings. The van der Waals surface area contributed by atoms with Crippen LogP contribution in [0.25, 0.3) is 10.8 Å². The van der Waals surface area contributed by atoms with E-state index in [1.54, 1.807) is 12.1 Å². The Labute approximate surface area is 172 Å². The molecule has 28 heavy (non-hydrogen) atoms. The van der Waals surface area contributed by atoms with Gasteiger partial charge in [-0.2, -0.15) is 5.10 Å². The molecule has 0 fully saturated rings. The van der Waals surface area contributed by atoms with E-state index in [-0.39, 0.29) is 5.91 Å². The number of hydrogen-bond acceptors (Lipinski definition) is 2. The molecule has 1 aromatic heterocycles. The predicted octanol–water partition coefficient (Wildman–Crippen LogP) is 5.72. The molecule has 0 aliphatic heterocycles. The van der Waals surface area contributed by atoms with Crippen LogP contribution in [0.1, 0.15) is 27.3 Å². The lowest BCUT2D eigenvalue weighted by Gasteiger charge is -2.09. The Morgan fingerprint density at radius 1 is 1.00 bits per heavy atom. The number of aryl methyl sites for hydroxylation is 1. The van der Waals surface area contributed by atoms with Crippen molar-refractivity contribution in [2.75, 3.05) is 5.32 Å². The minimum atomic E-state index is -0.136. The van der Waals surface area contributed by atoms with Crippen LogP contribution in [-0.2, 0) is 6.54 Å². The second-order valence-electron chi connectivity index (χ2n) is 6.80. The first kappa shape index (κ1) is 18.4. The van der Waals surface area contributed by atoms with Gasteiger partial charge in [-0.3, -0.25) is 9.48 Å². The summed E-state index contributed by atoms with van der Waals surface area (Å²) in [6.45, 7) is 4.56. The van der Waals surface area contributed by atoms with Crippen LogP contribution in [0.4, 0.5) is 5.69 Å². The van der Waals surface area contributed by atoms with Gasteiger partial charge in [0.1, 0.15) is 0 Å². The summed E-state index contributed by atoms with van der Waals surface area (Å²) in [5.74, 6) is -0.136.